The van der Waals surface area contributed by atoms with Crippen molar-refractivity contribution >= 4 is 10.9 Å². The van der Waals surface area contributed by atoms with Crippen LogP contribution in [0.4, 0.5) is 0 Å². The van der Waals surface area contributed by atoms with E-state index in [1.54, 1.807) is 0 Å². The van der Waals surface area contributed by atoms with Crippen LogP contribution in [0.3, 0.4) is 0 Å². The van der Waals surface area contributed by atoms with Crippen molar-refractivity contribution in [2.24, 2.45) is 5.41 Å². The van der Waals surface area contributed by atoms with Crippen molar-refractivity contribution < 1.29 is 5.11 Å². The molecule has 114 valence electrons. The fourth-order valence-electron chi connectivity index (χ4n) is 3.61. The van der Waals surface area contributed by atoms with Gasteiger partial charge in [-0.1, -0.05) is 37.5 Å². The van der Waals surface area contributed by atoms with E-state index in [1.807, 2.05) is 0 Å². The van der Waals surface area contributed by atoms with Gasteiger partial charge in [0.05, 0.1) is 0 Å². The third-order valence-corrected chi connectivity index (χ3v) is 5.00. The second kappa shape index (κ2) is 6.63. The molecule has 1 saturated carbocycles. The monoisotopic (exact) mass is 286 g/mol. The fraction of sp³-hybridized carbons (Fsp3) is 0.556. The van der Waals surface area contributed by atoms with Crippen LogP contribution in [-0.2, 0) is 6.42 Å². The molecule has 1 heterocycles. The van der Waals surface area contributed by atoms with Gasteiger partial charge in [0.2, 0.25) is 0 Å². The first-order chi connectivity index (χ1) is 10.3. The highest BCUT2D eigenvalue weighted by Crippen LogP contribution is 2.35. The van der Waals surface area contributed by atoms with Gasteiger partial charge in [0.1, 0.15) is 0 Å². The van der Waals surface area contributed by atoms with E-state index in [9.17, 15) is 5.11 Å². The van der Waals surface area contributed by atoms with Crippen molar-refractivity contribution in [3.8, 4) is 0 Å². The van der Waals surface area contributed by atoms with E-state index < -0.39 is 0 Å². The molecule has 0 spiro atoms. The molecule has 0 atom stereocenters. The molecule has 21 heavy (non-hydrogen) atoms. The largest absolute Gasteiger partial charge is 0.396 e. The van der Waals surface area contributed by atoms with E-state index in [0.717, 1.165) is 19.5 Å². The predicted molar refractivity (Wildman–Crippen MR) is 87.5 cm³/mol. The lowest BCUT2D eigenvalue weighted by Gasteiger charge is -2.35. The highest BCUT2D eigenvalue weighted by molar-refractivity contribution is 5.83. The normalized spacial score (nSPS) is 18.1. The van der Waals surface area contributed by atoms with Crippen LogP contribution in [0.5, 0.6) is 0 Å². The molecular formula is C18H26N2O. The van der Waals surface area contributed by atoms with Crippen LogP contribution in [0.25, 0.3) is 10.9 Å². The average molecular weight is 286 g/mol. The number of hydrogen-bond acceptors (Lipinski definition) is 2. The van der Waals surface area contributed by atoms with Crippen LogP contribution in [0.2, 0.25) is 0 Å². The molecule has 3 heteroatoms. The Morgan fingerprint density at radius 1 is 1.14 bits per heavy atom. The lowest BCUT2D eigenvalue weighted by molar-refractivity contribution is 0.0816. The summed E-state index contributed by atoms with van der Waals surface area (Å²) in [5.41, 5.74) is 2.73. The summed E-state index contributed by atoms with van der Waals surface area (Å²) < 4.78 is 0. The molecular weight excluding hydrogens is 260 g/mol. The summed E-state index contributed by atoms with van der Waals surface area (Å²) in [5.74, 6) is 0. The number of rotatable bonds is 6. The number of benzene rings is 1. The molecule has 0 aliphatic heterocycles. The lowest BCUT2D eigenvalue weighted by atomic mass is 9.74. The quantitative estimate of drug-likeness (QED) is 0.714. The zero-order chi connectivity index (χ0) is 14.5. The number of hydrogen-bond donors (Lipinski definition) is 3. The zero-order valence-electron chi connectivity index (χ0n) is 12.7. The molecule has 1 aromatic carbocycles. The fourth-order valence-corrected chi connectivity index (χ4v) is 3.61. The molecule has 1 aliphatic rings. The molecule has 3 N–H and O–H groups in total. The number of aromatic nitrogens is 1. The maximum atomic E-state index is 9.72. The first kappa shape index (κ1) is 14.6. The molecule has 2 aromatic rings. The Morgan fingerprint density at radius 2 is 1.95 bits per heavy atom. The predicted octanol–water partition coefficient (Wildman–Crippen LogP) is 3.24. The second-order valence-corrected chi connectivity index (χ2v) is 6.51. The minimum Gasteiger partial charge on any atom is -0.396 e. The summed E-state index contributed by atoms with van der Waals surface area (Å²) in [6.45, 7) is 2.25. The third-order valence-electron chi connectivity index (χ3n) is 5.00. The van der Waals surface area contributed by atoms with Crippen LogP contribution in [0, 0.1) is 5.41 Å². The van der Waals surface area contributed by atoms with E-state index in [0.29, 0.717) is 6.61 Å². The molecule has 0 bridgehead atoms. The van der Waals surface area contributed by atoms with Crippen LogP contribution in [0.1, 0.15) is 37.7 Å². The Balaban J connectivity index is 1.52. The Hall–Kier alpha value is -1.32. The van der Waals surface area contributed by atoms with Gasteiger partial charge in [-0.2, -0.15) is 0 Å². The minimum absolute atomic E-state index is 0.137. The Labute approximate surface area is 126 Å². The summed E-state index contributed by atoms with van der Waals surface area (Å²) in [4.78, 5) is 3.33. The van der Waals surface area contributed by atoms with Crippen LogP contribution in [0.15, 0.2) is 30.5 Å². The van der Waals surface area contributed by atoms with Gasteiger partial charge in [0.25, 0.3) is 0 Å². The lowest BCUT2D eigenvalue weighted by Crippen LogP contribution is -2.39. The molecule has 0 unspecified atom stereocenters. The number of fused-ring (bicyclic) bond motifs is 1. The van der Waals surface area contributed by atoms with Crippen molar-refractivity contribution in [3.05, 3.63) is 36.0 Å². The molecule has 0 amide bonds. The van der Waals surface area contributed by atoms with Gasteiger partial charge >= 0.3 is 0 Å². The van der Waals surface area contributed by atoms with E-state index in [4.69, 9.17) is 0 Å². The van der Waals surface area contributed by atoms with Crippen molar-refractivity contribution in [3.63, 3.8) is 0 Å². The minimum atomic E-state index is 0.137. The zero-order valence-corrected chi connectivity index (χ0v) is 12.7. The SMILES string of the molecule is OCC1(CNCCc2c[nH]c3ccccc23)CCCCC1. The van der Waals surface area contributed by atoms with Gasteiger partial charge in [-0.25, -0.2) is 0 Å². The highest BCUT2D eigenvalue weighted by Gasteiger charge is 2.30. The van der Waals surface area contributed by atoms with Gasteiger partial charge in [0, 0.05) is 35.7 Å². The topological polar surface area (TPSA) is 48.0 Å². The molecule has 3 rings (SSSR count). The van der Waals surface area contributed by atoms with E-state index in [-0.39, 0.29) is 5.41 Å². The van der Waals surface area contributed by atoms with Crippen molar-refractivity contribution in [1.29, 1.82) is 0 Å². The Kier molecular flexibility index (Phi) is 4.61. The number of aromatic amines is 1. The molecule has 1 aliphatic carbocycles. The van der Waals surface area contributed by atoms with E-state index in [2.05, 4.69) is 40.8 Å². The maximum absolute atomic E-state index is 9.72. The molecule has 3 nitrogen and oxygen atoms in total. The standard InChI is InChI=1S/C18H26N2O/c21-14-18(9-4-1-5-10-18)13-19-11-8-15-12-20-17-7-3-2-6-16(15)17/h2-3,6-7,12,19-21H,1,4-5,8-11,13-14H2. The van der Waals surface area contributed by atoms with Gasteiger partial charge in [-0.3, -0.25) is 0 Å². The number of H-pyrrole nitrogens is 1. The first-order valence-corrected chi connectivity index (χ1v) is 8.20. The number of para-hydroxylation sites is 1. The van der Waals surface area contributed by atoms with Gasteiger partial charge in [0.15, 0.2) is 0 Å². The molecule has 0 saturated heterocycles. The van der Waals surface area contributed by atoms with Crippen molar-refractivity contribution in [2.75, 3.05) is 19.7 Å². The number of nitrogens with one attached hydrogen (secondary N) is 2. The van der Waals surface area contributed by atoms with Crippen LogP contribution in [-0.4, -0.2) is 29.8 Å². The average Bonchev–Trinajstić information content (AvgIpc) is 2.96. The Bertz CT molecular complexity index is 569. The summed E-state index contributed by atoms with van der Waals surface area (Å²) in [7, 11) is 0. The van der Waals surface area contributed by atoms with E-state index >= 15 is 0 Å². The van der Waals surface area contributed by atoms with Crippen molar-refractivity contribution in [1.82, 2.24) is 10.3 Å². The Morgan fingerprint density at radius 3 is 2.76 bits per heavy atom. The van der Waals surface area contributed by atoms with Gasteiger partial charge in [-0.15, -0.1) is 0 Å². The summed E-state index contributed by atoms with van der Waals surface area (Å²) in [6.07, 6.45) is 9.36. The molecule has 0 radical (unpaired) electrons. The highest BCUT2D eigenvalue weighted by atomic mass is 16.3. The second-order valence-electron chi connectivity index (χ2n) is 6.51. The third kappa shape index (κ3) is 3.30. The van der Waals surface area contributed by atoms with Crippen LogP contribution < -0.4 is 5.32 Å². The van der Waals surface area contributed by atoms with Crippen molar-refractivity contribution in [2.45, 2.75) is 38.5 Å². The first-order valence-electron chi connectivity index (χ1n) is 8.20. The van der Waals surface area contributed by atoms with Gasteiger partial charge in [-0.05, 0) is 37.4 Å². The smallest absolute Gasteiger partial charge is 0.0499 e. The summed E-state index contributed by atoms with van der Waals surface area (Å²) in [6, 6.07) is 8.46. The summed E-state index contributed by atoms with van der Waals surface area (Å²) >= 11 is 0. The number of aliphatic hydroxyl groups excluding tert-OH is 1. The van der Waals surface area contributed by atoms with Crippen LogP contribution >= 0.6 is 0 Å². The molecule has 1 fully saturated rings. The summed E-state index contributed by atoms with van der Waals surface area (Å²) in [5, 5.41) is 14.6. The molecule has 1 aromatic heterocycles. The van der Waals surface area contributed by atoms with Gasteiger partial charge < -0.3 is 15.4 Å². The maximum Gasteiger partial charge on any atom is 0.0499 e. The number of aliphatic hydroxyl groups is 1. The van der Waals surface area contributed by atoms with E-state index in [1.165, 1.54) is 48.6 Å².